The van der Waals surface area contributed by atoms with Crippen LogP contribution in [-0.4, -0.2) is 23.8 Å². The Kier molecular flexibility index (Phi) is 1.48. The van der Waals surface area contributed by atoms with Gasteiger partial charge in [0.25, 0.3) is 0 Å². The molecule has 3 fully saturated rings. The molecule has 0 aliphatic carbocycles. The van der Waals surface area contributed by atoms with Crippen molar-refractivity contribution in [3.63, 3.8) is 0 Å². The molecule has 3 rings (SSSR count). The first-order valence-electron chi connectivity index (χ1n) is 4.28. The van der Waals surface area contributed by atoms with Gasteiger partial charge in [0.05, 0.1) is 5.70 Å². The number of carbonyl (C=O) groups excluding carboxylic acids is 1. The fourth-order valence-electron chi connectivity index (χ4n) is 2.07. The molecule has 3 saturated heterocycles. The molecule has 0 aromatic carbocycles. The normalized spacial score (nSPS) is 28.6. The number of fused-ring (bicyclic) bond motifs is 3. The monoisotopic (exact) mass is 151 g/mol. The average molecular weight is 151 g/mol. The van der Waals surface area contributed by atoms with E-state index in [1.165, 1.54) is 0 Å². The van der Waals surface area contributed by atoms with Gasteiger partial charge < -0.3 is 4.90 Å². The molecule has 2 bridgehead atoms. The highest BCUT2D eigenvalue weighted by molar-refractivity contribution is 5.98. The van der Waals surface area contributed by atoms with E-state index in [0.717, 1.165) is 31.6 Å². The lowest BCUT2D eigenvalue weighted by Gasteiger charge is -2.40. The fraction of sp³-hybridized carbons (Fsp3) is 0.667. The molecule has 3 heterocycles. The maximum Gasteiger partial charge on any atom is 0.181 e. The summed E-state index contributed by atoms with van der Waals surface area (Å²) in [6.07, 6.45) is 4.11. The van der Waals surface area contributed by atoms with Gasteiger partial charge in [-0.3, -0.25) is 4.79 Å². The highest BCUT2D eigenvalue weighted by atomic mass is 16.1. The molecule has 0 spiro atoms. The lowest BCUT2D eigenvalue weighted by atomic mass is 9.85. The van der Waals surface area contributed by atoms with Gasteiger partial charge in [0.1, 0.15) is 0 Å². The van der Waals surface area contributed by atoms with Crippen molar-refractivity contribution in [2.75, 3.05) is 13.1 Å². The Labute approximate surface area is 66.9 Å². The minimum Gasteiger partial charge on any atom is -0.369 e. The number of hydrogen-bond acceptors (Lipinski definition) is 2. The van der Waals surface area contributed by atoms with E-state index in [9.17, 15) is 4.79 Å². The number of carbonyl (C=O) groups is 1. The first-order valence-corrected chi connectivity index (χ1v) is 4.28. The van der Waals surface area contributed by atoms with Crippen molar-refractivity contribution in [2.24, 2.45) is 5.92 Å². The van der Waals surface area contributed by atoms with E-state index >= 15 is 0 Å². The van der Waals surface area contributed by atoms with Crippen molar-refractivity contribution in [3.05, 3.63) is 11.8 Å². The third kappa shape index (κ3) is 0.889. The van der Waals surface area contributed by atoms with Crippen LogP contribution in [0.3, 0.4) is 0 Å². The van der Waals surface area contributed by atoms with Crippen LogP contribution in [0.4, 0.5) is 0 Å². The van der Waals surface area contributed by atoms with Gasteiger partial charge in [-0.15, -0.1) is 0 Å². The fourth-order valence-corrected chi connectivity index (χ4v) is 2.07. The van der Waals surface area contributed by atoms with Crippen LogP contribution in [-0.2, 0) is 4.79 Å². The molecule has 60 valence electrons. The number of piperidine rings is 3. The maximum absolute atomic E-state index is 11.5. The van der Waals surface area contributed by atoms with E-state index in [2.05, 4.69) is 4.90 Å². The standard InChI is InChI=1S/C9H13NO/c1-2-8-9(11)7-3-5-10(8)6-4-7/h2,7H,3-6H2,1H3/b8-2-. The van der Waals surface area contributed by atoms with Gasteiger partial charge in [-0.1, -0.05) is 6.08 Å². The lowest BCUT2D eigenvalue weighted by Crippen LogP contribution is -2.45. The lowest BCUT2D eigenvalue weighted by molar-refractivity contribution is -0.125. The molecular formula is C9H13NO. The zero-order valence-corrected chi connectivity index (χ0v) is 6.84. The van der Waals surface area contributed by atoms with E-state index < -0.39 is 0 Å². The van der Waals surface area contributed by atoms with Gasteiger partial charge in [0.2, 0.25) is 0 Å². The van der Waals surface area contributed by atoms with Crippen LogP contribution in [0.5, 0.6) is 0 Å². The van der Waals surface area contributed by atoms with Crippen LogP contribution < -0.4 is 0 Å². The Balaban J connectivity index is 2.30. The van der Waals surface area contributed by atoms with E-state index in [1.54, 1.807) is 0 Å². The molecule has 0 atom stereocenters. The second-order valence-electron chi connectivity index (χ2n) is 3.30. The quantitative estimate of drug-likeness (QED) is 0.485. The summed E-state index contributed by atoms with van der Waals surface area (Å²) in [5.74, 6) is 0.733. The zero-order chi connectivity index (χ0) is 7.84. The first-order chi connectivity index (χ1) is 5.33. The largest absolute Gasteiger partial charge is 0.369 e. The molecule has 0 N–H and O–H groups in total. The van der Waals surface area contributed by atoms with Crippen molar-refractivity contribution in [1.29, 1.82) is 0 Å². The van der Waals surface area contributed by atoms with Gasteiger partial charge in [0.15, 0.2) is 5.78 Å². The summed E-state index contributed by atoms with van der Waals surface area (Å²) >= 11 is 0. The average Bonchev–Trinajstić information content (AvgIpc) is 2.06. The molecule has 0 aromatic rings. The minimum absolute atomic E-state index is 0.353. The number of nitrogens with zero attached hydrogens (tertiary/aromatic N) is 1. The topological polar surface area (TPSA) is 20.3 Å². The summed E-state index contributed by atoms with van der Waals surface area (Å²) in [5.41, 5.74) is 0.965. The zero-order valence-electron chi connectivity index (χ0n) is 6.84. The number of allylic oxidation sites excluding steroid dienone is 2. The predicted molar refractivity (Wildman–Crippen MR) is 43.1 cm³/mol. The Morgan fingerprint density at radius 3 is 2.45 bits per heavy atom. The summed E-state index contributed by atoms with van der Waals surface area (Å²) in [5, 5.41) is 0. The van der Waals surface area contributed by atoms with Crippen molar-refractivity contribution >= 4 is 5.78 Å². The molecule has 0 aromatic heterocycles. The summed E-state index contributed by atoms with van der Waals surface area (Å²) < 4.78 is 0. The van der Waals surface area contributed by atoms with Gasteiger partial charge in [0, 0.05) is 19.0 Å². The molecule has 0 amide bonds. The summed E-state index contributed by atoms with van der Waals surface area (Å²) in [7, 11) is 0. The smallest absolute Gasteiger partial charge is 0.181 e. The second-order valence-corrected chi connectivity index (χ2v) is 3.30. The SMILES string of the molecule is C/C=C1/C(=O)C2CCN1CC2. The second kappa shape index (κ2) is 2.36. The molecule has 3 aliphatic rings. The van der Waals surface area contributed by atoms with Gasteiger partial charge >= 0.3 is 0 Å². The molecule has 2 heteroatoms. The van der Waals surface area contributed by atoms with Gasteiger partial charge in [-0.2, -0.15) is 0 Å². The van der Waals surface area contributed by atoms with E-state index in [1.807, 2.05) is 13.0 Å². The van der Waals surface area contributed by atoms with Crippen molar-refractivity contribution in [3.8, 4) is 0 Å². The van der Waals surface area contributed by atoms with Gasteiger partial charge in [-0.25, -0.2) is 0 Å². The number of ketones is 1. The molecule has 3 aliphatic heterocycles. The van der Waals surface area contributed by atoms with E-state index in [0.29, 0.717) is 11.7 Å². The molecule has 0 saturated carbocycles. The van der Waals surface area contributed by atoms with Crippen LogP contribution in [0.15, 0.2) is 11.8 Å². The van der Waals surface area contributed by atoms with Gasteiger partial charge in [-0.05, 0) is 19.8 Å². The molecule has 11 heavy (non-hydrogen) atoms. The Morgan fingerprint density at radius 1 is 1.45 bits per heavy atom. The molecule has 2 nitrogen and oxygen atoms in total. The number of rotatable bonds is 0. The summed E-state index contributed by atoms with van der Waals surface area (Å²) in [4.78, 5) is 13.7. The van der Waals surface area contributed by atoms with Crippen LogP contribution in [0.1, 0.15) is 19.8 Å². The van der Waals surface area contributed by atoms with Crippen molar-refractivity contribution in [1.82, 2.24) is 4.90 Å². The third-order valence-electron chi connectivity index (χ3n) is 2.73. The highest BCUT2D eigenvalue weighted by Gasteiger charge is 2.35. The number of Topliss-reactive ketones (excluding diaryl/α,β-unsaturated/α-hetero) is 1. The van der Waals surface area contributed by atoms with Crippen LogP contribution in [0.25, 0.3) is 0 Å². The Hall–Kier alpha value is -0.790. The summed E-state index contributed by atoms with van der Waals surface area (Å²) in [6.45, 7) is 4.14. The third-order valence-corrected chi connectivity index (χ3v) is 2.73. The van der Waals surface area contributed by atoms with Crippen LogP contribution in [0.2, 0.25) is 0 Å². The van der Waals surface area contributed by atoms with Crippen molar-refractivity contribution < 1.29 is 4.79 Å². The van der Waals surface area contributed by atoms with Crippen molar-refractivity contribution in [2.45, 2.75) is 19.8 Å². The maximum atomic E-state index is 11.5. The highest BCUT2D eigenvalue weighted by Crippen LogP contribution is 2.30. The van der Waals surface area contributed by atoms with Crippen LogP contribution >= 0.6 is 0 Å². The predicted octanol–water partition coefficient (Wildman–Crippen LogP) is 1.18. The van der Waals surface area contributed by atoms with E-state index in [-0.39, 0.29) is 0 Å². The molecule has 0 radical (unpaired) electrons. The Bertz CT molecular complexity index is 212. The molecule has 0 unspecified atom stereocenters. The summed E-state index contributed by atoms with van der Waals surface area (Å²) in [6, 6.07) is 0. The van der Waals surface area contributed by atoms with E-state index in [4.69, 9.17) is 0 Å². The molecular weight excluding hydrogens is 138 g/mol. The number of hydrogen-bond donors (Lipinski definition) is 0. The minimum atomic E-state index is 0.353. The van der Waals surface area contributed by atoms with Crippen LogP contribution in [0, 0.1) is 5.92 Å². The first kappa shape index (κ1) is 6.89. The Morgan fingerprint density at radius 2 is 2.09 bits per heavy atom.